The summed E-state index contributed by atoms with van der Waals surface area (Å²) in [5, 5.41) is 12.0. The summed E-state index contributed by atoms with van der Waals surface area (Å²) in [5.41, 5.74) is 8.28. The quantitative estimate of drug-likeness (QED) is 0.252. The lowest BCUT2D eigenvalue weighted by molar-refractivity contribution is -0.136. The fourth-order valence-electron chi connectivity index (χ4n) is 6.83. The van der Waals surface area contributed by atoms with E-state index in [0.717, 1.165) is 18.6 Å². The maximum atomic E-state index is 13.6. The summed E-state index contributed by atoms with van der Waals surface area (Å²) in [6.07, 6.45) is 3.51. The highest BCUT2D eigenvalue weighted by Crippen LogP contribution is 2.43. The minimum atomic E-state index is -2.62. The zero-order valence-electron chi connectivity index (χ0n) is 27.5. The summed E-state index contributed by atoms with van der Waals surface area (Å²) in [5.74, 6) is -3.22. The van der Waals surface area contributed by atoms with Crippen LogP contribution in [0.25, 0.3) is 11.1 Å². The van der Waals surface area contributed by atoms with E-state index in [1.165, 1.54) is 4.90 Å². The van der Waals surface area contributed by atoms with E-state index in [-0.39, 0.29) is 67.4 Å². The molecule has 3 aliphatic rings. The number of benzene rings is 1. The van der Waals surface area contributed by atoms with E-state index in [4.69, 9.17) is 25.6 Å². The van der Waals surface area contributed by atoms with Gasteiger partial charge in [-0.15, -0.1) is 0 Å². The molecule has 1 aromatic carbocycles. The Kier molecular flexibility index (Phi) is 9.58. The average Bonchev–Trinajstić information content (AvgIpc) is 3.05. The van der Waals surface area contributed by atoms with Crippen molar-refractivity contribution < 1.29 is 32.2 Å². The van der Waals surface area contributed by atoms with E-state index < -0.39 is 17.6 Å². The number of amides is 2. The van der Waals surface area contributed by atoms with E-state index in [2.05, 4.69) is 15.3 Å². The van der Waals surface area contributed by atoms with E-state index in [0.29, 0.717) is 65.6 Å². The normalized spacial score (nSPS) is 20.8. The number of fused-ring (bicyclic) bond motifs is 1. The van der Waals surface area contributed by atoms with Crippen molar-refractivity contribution in [3.63, 3.8) is 0 Å². The summed E-state index contributed by atoms with van der Waals surface area (Å²) in [4.78, 5) is 42.3. The molecule has 2 atom stereocenters. The molecule has 4 heterocycles. The fourth-order valence-corrected chi connectivity index (χ4v) is 6.83. The number of rotatable bonds is 11. The number of nitrogens with two attached hydrogens (primary N) is 1. The Hall–Kier alpha value is -4.63. The van der Waals surface area contributed by atoms with Crippen LogP contribution in [-0.2, 0) is 22.5 Å². The van der Waals surface area contributed by atoms with Gasteiger partial charge in [0.05, 0.1) is 48.0 Å². The summed E-state index contributed by atoms with van der Waals surface area (Å²) in [6.45, 7) is 4.75. The minimum absolute atomic E-state index is 0.0162. The van der Waals surface area contributed by atoms with Crippen molar-refractivity contribution in [3.8, 4) is 16.9 Å². The van der Waals surface area contributed by atoms with Gasteiger partial charge in [0.25, 0.3) is 17.7 Å². The van der Waals surface area contributed by atoms with Crippen molar-refractivity contribution in [2.24, 2.45) is 11.7 Å². The minimum Gasteiger partial charge on any atom is -0.482 e. The number of nitrogens with one attached hydrogen (secondary N) is 2. The average molecular weight is 681 g/mol. The lowest BCUT2D eigenvalue weighted by Crippen LogP contribution is -2.58. The molecule has 0 bridgehead atoms. The molecule has 6 rings (SSSR count). The fraction of sp³-hybridized carbons (Fsp3) is 0.471. The molecule has 0 radical (unpaired) electrons. The molecule has 2 unspecified atom stereocenters. The number of alkyl halides is 2. The van der Waals surface area contributed by atoms with Gasteiger partial charge in [-0.05, 0) is 36.5 Å². The third-order valence-corrected chi connectivity index (χ3v) is 9.27. The third-order valence-electron chi connectivity index (χ3n) is 9.27. The number of pyridine rings is 1. The van der Waals surface area contributed by atoms with Gasteiger partial charge < -0.3 is 25.9 Å². The second kappa shape index (κ2) is 13.7. The van der Waals surface area contributed by atoms with Gasteiger partial charge in [-0.2, -0.15) is 0 Å². The Morgan fingerprint density at radius 3 is 2.63 bits per heavy atom. The van der Waals surface area contributed by atoms with Gasteiger partial charge in [-0.3, -0.25) is 19.4 Å². The van der Waals surface area contributed by atoms with Gasteiger partial charge >= 0.3 is 0 Å². The second-order valence-electron chi connectivity index (χ2n) is 13.2. The molecule has 12 nitrogen and oxygen atoms in total. The summed E-state index contributed by atoms with van der Waals surface area (Å²) in [7, 11) is 1.58. The molecule has 4 N–H and O–H groups in total. The number of aromatic nitrogens is 3. The standard InChI is InChI=1S/C34H39F3N8O4/c1-18(2)8-24-31(32(39)47)30(19-4-5-25-26(9-19)49-17-29(46)45(25)16-28-40-13-20(35)14-41-28)22(12-38)33(43-24)42-23-6-7-44(15-27(23)48-3)21-10-34(36,37)11-21/h4-5,9,12-14,18,21,23,27,38H,6-8,10-11,15-17H2,1-3H3,(H2,39,47)(H,42,43). The molecule has 2 aliphatic heterocycles. The van der Waals surface area contributed by atoms with Crippen LogP contribution >= 0.6 is 0 Å². The monoisotopic (exact) mass is 680 g/mol. The van der Waals surface area contributed by atoms with Crippen LogP contribution in [0.4, 0.5) is 24.7 Å². The van der Waals surface area contributed by atoms with E-state index >= 15 is 0 Å². The molecule has 3 aromatic rings. The number of primary amides is 1. The number of hydrogen-bond acceptors (Lipinski definition) is 10. The molecule has 1 aliphatic carbocycles. The van der Waals surface area contributed by atoms with Crippen molar-refractivity contribution >= 4 is 29.5 Å². The maximum absolute atomic E-state index is 13.6. The van der Waals surface area contributed by atoms with E-state index in [1.54, 1.807) is 25.3 Å². The Morgan fingerprint density at radius 2 is 2.00 bits per heavy atom. The summed E-state index contributed by atoms with van der Waals surface area (Å²) < 4.78 is 52.3. The first-order valence-electron chi connectivity index (χ1n) is 16.2. The highest BCUT2D eigenvalue weighted by Gasteiger charge is 2.49. The first-order valence-corrected chi connectivity index (χ1v) is 16.2. The Balaban J connectivity index is 1.38. The van der Waals surface area contributed by atoms with Gasteiger partial charge in [0, 0.05) is 56.4 Å². The topological polar surface area (TPSA) is 160 Å². The van der Waals surface area contributed by atoms with Crippen LogP contribution in [0.2, 0.25) is 0 Å². The van der Waals surface area contributed by atoms with Gasteiger partial charge in [-0.25, -0.2) is 28.1 Å². The number of halogens is 3. The van der Waals surface area contributed by atoms with Gasteiger partial charge in [0.15, 0.2) is 12.4 Å². The van der Waals surface area contributed by atoms with Gasteiger partial charge in [0.2, 0.25) is 0 Å². The first-order chi connectivity index (χ1) is 23.4. The van der Waals surface area contributed by atoms with Gasteiger partial charge in [0.1, 0.15) is 17.4 Å². The number of piperidine rings is 1. The highest BCUT2D eigenvalue weighted by atomic mass is 19.3. The number of ether oxygens (including phenoxy) is 2. The Labute approximate surface area is 281 Å². The number of hydrogen-bond donors (Lipinski definition) is 3. The Bertz CT molecular complexity index is 1750. The molecule has 1 saturated carbocycles. The number of likely N-dealkylation sites (tertiary alicyclic amines) is 1. The lowest BCUT2D eigenvalue weighted by atomic mass is 9.85. The molecule has 2 aromatic heterocycles. The first kappa shape index (κ1) is 34.2. The second-order valence-corrected chi connectivity index (χ2v) is 13.2. The van der Waals surface area contributed by atoms with E-state index in [1.807, 2.05) is 18.7 Å². The largest absolute Gasteiger partial charge is 0.482 e. The summed E-state index contributed by atoms with van der Waals surface area (Å²) >= 11 is 0. The zero-order chi connectivity index (χ0) is 35.0. The van der Waals surface area contributed by atoms with Crippen LogP contribution in [0.5, 0.6) is 5.75 Å². The highest BCUT2D eigenvalue weighted by molar-refractivity contribution is 6.08. The predicted molar refractivity (Wildman–Crippen MR) is 176 cm³/mol. The van der Waals surface area contributed by atoms with Crippen LogP contribution in [0.15, 0.2) is 30.6 Å². The SMILES string of the molecule is COC1CN(C2CC(F)(F)C2)CCC1Nc1nc(CC(C)C)c(C(N)=O)c(-c2ccc3c(c2)OCC(=O)N3Cc2ncc(F)cn2)c1C=N. The van der Waals surface area contributed by atoms with Crippen molar-refractivity contribution in [1.82, 2.24) is 19.9 Å². The molecule has 260 valence electrons. The maximum Gasteiger partial charge on any atom is 0.265 e. The van der Waals surface area contributed by atoms with Crippen LogP contribution in [0.1, 0.15) is 60.5 Å². The molecule has 49 heavy (non-hydrogen) atoms. The number of carbonyl (C=O) groups is 2. The van der Waals surface area contributed by atoms with Crippen LogP contribution in [0.3, 0.4) is 0 Å². The molecule has 1 saturated heterocycles. The van der Waals surface area contributed by atoms with Crippen LogP contribution in [0, 0.1) is 17.1 Å². The molecular weight excluding hydrogens is 641 g/mol. The molecule has 0 spiro atoms. The predicted octanol–water partition coefficient (Wildman–Crippen LogP) is 4.20. The number of methoxy groups -OCH3 is 1. The number of carbonyl (C=O) groups excluding carboxylic acids is 2. The van der Waals surface area contributed by atoms with Crippen molar-refractivity contribution in [2.45, 2.75) is 70.2 Å². The molecule has 2 fully saturated rings. The van der Waals surface area contributed by atoms with Crippen LogP contribution in [-0.4, -0.2) is 88.8 Å². The smallest absolute Gasteiger partial charge is 0.265 e. The summed E-state index contributed by atoms with van der Waals surface area (Å²) in [6, 6.07) is 4.61. The molecule has 15 heteroatoms. The van der Waals surface area contributed by atoms with Crippen molar-refractivity contribution in [1.29, 1.82) is 5.41 Å². The van der Waals surface area contributed by atoms with Crippen molar-refractivity contribution in [3.05, 3.63) is 59.1 Å². The van der Waals surface area contributed by atoms with E-state index in [9.17, 15) is 22.8 Å². The number of nitrogens with zero attached hydrogens (tertiary/aromatic N) is 5. The number of anilines is 2. The van der Waals surface area contributed by atoms with Gasteiger partial charge in [-0.1, -0.05) is 19.9 Å². The lowest BCUT2D eigenvalue weighted by Gasteiger charge is -2.47. The third kappa shape index (κ3) is 7.08. The zero-order valence-corrected chi connectivity index (χ0v) is 27.5. The Morgan fingerprint density at radius 1 is 1.27 bits per heavy atom. The molecule has 2 amide bonds. The van der Waals surface area contributed by atoms with Crippen molar-refractivity contribution in [2.75, 3.05) is 37.0 Å². The molecular formula is C34H39F3N8O4. The van der Waals surface area contributed by atoms with Crippen LogP contribution < -0.4 is 20.7 Å².